The predicted molar refractivity (Wildman–Crippen MR) is 111 cm³/mol. The van der Waals surface area contributed by atoms with Crippen LogP contribution in [0.15, 0.2) is 60.8 Å². The number of rotatable bonds is 4. The lowest BCUT2D eigenvalue weighted by molar-refractivity contribution is 0.0980. The lowest BCUT2D eigenvalue weighted by Gasteiger charge is -2.29. The van der Waals surface area contributed by atoms with Gasteiger partial charge in [0.05, 0.1) is 11.9 Å². The number of fused-ring (bicyclic) bond motifs is 2. The Morgan fingerprint density at radius 1 is 1.07 bits per heavy atom. The molecule has 0 saturated carbocycles. The molecular formula is C23H21N3O3. The molecule has 2 aromatic carbocycles. The summed E-state index contributed by atoms with van der Waals surface area (Å²) >= 11 is 0. The second kappa shape index (κ2) is 7.47. The Morgan fingerprint density at radius 2 is 1.97 bits per heavy atom. The molecule has 0 unspecified atom stereocenters. The number of hydrogen-bond acceptors (Lipinski definition) is 5. The molecule has 1 N–H and O–H groups in total. The molecule has 0 saturated heterocycles. The van der Waals surface area contributed by atoms with Crippen LogP contribution in [0.25, 0.3) is 0 Å². The Kier molecular flexibility index (Phi) is 4.52. The van der Waals surface area contributed by atoms with Crippen molar-refractivity contribution in [3.05, 3.63) is 77.6 Å². The summed E-state index contributed by atoms with van der Waals surface area (Å²) in [5, 5.41) is 3.33. The van der Waals surface area contributed by atoms with E-state index in [0.717, 1.165) is 47.8 Å². The monoisotopic (exact) mass is 387 g/mol. The van der Waals surface area contributed by atoms with Crippen molar-refractivity contribution in [1.29, 1.82) is 0 Å². The van der Waals surface area contributed by atoms with Gasteiger partial charge in [-0.2, -0.15) is 0 Å². The summed E-state index contributed by atoms with van der Waals surface area (Å²) in [4.78, 5) is 19.2. The largest absolute Gasteiger partial charge is 0.454 e. The van der Waals surface area contributed by atoms with Crippen LogP contribution in [0.1, 0.15) is 28.0 Å². The van der Waals surface area contributed by atoms with Gasteiger partial charge in [0.15, 0.2) is 11.5 Å². The fraction of sp³-hybridized carbons (Fsp3) is 0.217. The summed E-state index contributed by atoms with van der Waals surface area (Å²) in [6.07, 6.45) is 3.68. The lowest BCUT2D eigenvalue weighted by Crippen LogP contribution is -2.35. The molecule has 0 atom stereocenters. The van der Waals surface area contributed by atoms with Gasteiger partial charge in [0, 0.05) is 18.8 Å². The van der Waals surface area contributed by atoms with Gasteiger partial charge in [-0.25, -0.2) is 4.98 Å². The van der Waals surface area contributed by atoms with E-state index in [1.165, 1.54) is 5.56 Å². The molecule has 6 nitrogen and oxygen atoms in total. The number of nitrogens with one attached hydrogen (secondary N) is 1. The van der Waals surface area contributed by atoms with Crippen molar-refractivity contribution in [2.45, 2.75) is 19.4 Å². The lowest BCUT2D eigenvalue weighted by atomic mass is 10.0. The number of hydrogen-bond donors (Lipinski definition) is 1. The topological polar surface area (TPSA) is 63.7 Å². The zero-order chi connectivity index (χ0) is 19.6. The van der Waals surface area contributed by atoms with E-state index in [9.17, 15) is 4.79 Å². The van der Waals surface area contributed by atoms with E-state index in [1.807, 2.05) is 47.4 Å². The summed E-state index contributed by atoms with van der Waals surface area (Å²) in [5.74, 6) is 1.49. The minimum Gasteiger partial charge on any atom is -0.454 e. The third-order valence-corrected chi connectivity index (χ3v) is 5.27. The van der Waals surface area contributed by atoms with Gasteiger partial charge in [0.25, 0.3) is 5.91 Å². The molecule has 3 heterocycles. The van der Waals surface area contributed by atoms with Crippen molar-refractivity contribution in [3.8, 4) is 11.5 Å². The highest BCUT2D eigenvalue weighted by Crippen LogP contribution is 2.32. The van der Waals surface area contributed by atoms with Gasteiger partial charge in [-0.05, 0) is 54.3 Å². The maximum Gasteiger partial charge on any atom is 0.276 e. The predicted octanol–water partition coefficient (Wildman–Crippen LogP) is 4.02. The van der Waals surface area contributed by atoms with Crippen molar-refractivity contribution < 1.29 is 14.3 Å². The van der Waals surface area contributed by atoms with Gasteiger partial charge in [-0.1, -0.05) is 24.3 Å². The highest BCUT2D eigenvalue weighted by Gasteiger charge is 2.24. The van der Waals surface area contributed by atoms with E-state index >= 15 is 0 Å². The first-order valence-corrected chi connectivity index (χ1v) is 9.76. The van der Waals surface area contributed by atoms with Crippen LogP contribution in [-0.2, 0) is 13.0 Å². The first kappa shape index (κ1) is 17.6. The molecule has 0 fully saturated rings. The number of para-hydroxylation sites is 1. The SMILES string of the molecule is O=C(c1ccc(NCc2ccc3c(c2)OCO3)cn1)N1CCCc2ccccc21. The molecule has 1 aromatic heterocycles. The van der Waals surface area contributed by atoms with Crippen LogP contribution in [0, 0.1) is 0 Å². The van der Waals surface area contributed by atoms with Crippen LogP contribution in [0.3, 0.4) is 0 Å². The van der Waals surface area contributed by atoms with Gasteiger partial charge >= 0.3 is 0 Å². The first-order valence-electron chi connectivity index (χ1n) is 9.76. The number of carbonyl (C=O) groups excluding carboxylic acids is 1. The Balaban J connectivity index is 1.26. The van der Waals surface area contributed by atoms with Crippen molar-refractivity contribution in [2.75, 3.05) is 23.6 Å². The second-order valence-corrected chi connectivity index (χ2v) is 7.16. The van der Waals surface area contributed by atoms with E-state index in [-0.39, 0.29) is 12.7 Å². The number of ether oxygens (including phenoxy) is 2. The van der Waals surface area contributed by atoms with Crippen molar-refractivity contribution in [1.82, 2.24) is 4.98 Å². The summed E-state index contributed by atoms with van der Waals surface area (Å²) in [5.41, 5.74) is 4.61. The Hall–Kier alpha value is -3.54. The van der Waals surface area contributed by atoms with Crippen LogP contribution in [-0.4, -0.2) is 24.2 Å². The number of nitrogens with zero attached hydrogens (tertiary/aromatic N) is 2. The Bertz CT molecular complexity index is 1050. The maximum atomic E-state index is 13.0. The minimum absolute atomic E-state index is 0.0560. The van der Waals surface area contributed by atoms with Crippen molar-refractivity contribution in [2.24, 2.45) is 0 Å². The van der Waals surface area contributed by atoms with Gasteiger partial charge in [0.2, 0.25) is 6.79 Å². The summed E-state index contributed by atoms with van der Waals surface area (Å²) in [6.45, 7) is 1.62. The van der Waals surface area contributed by atoms with E-state index in [2.05, 4.69) is 16.4 Å². The number of anilines is 2. The van der Waals surface area contributed by atoms with Crippen LogP contribution in [0.5, 0.6) is 11.5 Å². The summed E-state index contributed by atoms with van der Waals surface area (Å²) < 4.78 is 10.7. The fourth-order valence-corrected chi connectivity index (χ4v) is 3.76. The number of aryl methyl sites for hydroxylation is 1. The number of benzene rings is 2. The van der Waals surface area contributed by atoms with Crippen LogP contribution < -0.4 is 19.7 Å². The molecule has 2 aliphatic heterocycles. The van der Waals surface area contributed by atoms with Crippen molar-refractivity contribution in [3.63, 3.8) is 0 Å². The van der Waals surface area contributed by atoms with Crippen molar-refractivity contribution >= 4 is 17.3 Å². The van der Waals surface area contributed by atoms with Gasteiger partial charge in [-0.15, -0.1) is 0 Å². The molecule has 0 radical (unpaired) electrons. The smallest absolute Gasteiger partial charge is 0.276 e. The van der Waals surface area contributed by atoms with E-state index in [0.29, 0.717) is 12.2 Å². The number of carbonyl (C=O) groups is 1. The second-order valence-electron chi connectivity index (χ2n) is 7.16. The molecule has 29 heavy (non-hydrogen) atoms. The number of pyridine rings is 1. The van der Waals surface area contributed by atoms with Gasteiger partial charge in [0.1, 0.15) is 5.69 Å². The molecular weight excluding hydrogens is 366 g/mol. The Morgan fingerprint density at radius 3 is 2.86 bits per heavy atom. The average Bonchev–Trinajstić information content (AvgIpc) is 3.25. The molecule has 1 amide bonds. The van der Waals surface area contributed by atoms with Crippen LogP contribution in [0.4, 0.5) is 11.4 Å². The zero-order valence-corrected chi connectivity index (χ0v) is 15.9. The third-order valence-electron chi connectivity index (χ3n) is 5.27. The third kappa shape index (κ3) is 3.49. The van der Waals surface area contributed by atoms with E-state index < -0.39 is 0 Å². The normalized spacial score (nSPS) is 14.4. The highest BCUT2D eigenvalue weighted by molar-refractivity contribution is 6.05. The van der Waals surface area contributed by atoms with Gasteiger partial charge in [-0.3, -0.25) is 4.79 Å². The van der Waals surface area contributed by atoms with E-state index in [1.54, 1.807) is 12.3 Å². The number of aromatic nitrogens is 1. The molecule has 146 valence electrons. The molecule has 5 rings (SSSR count). The maximum absolute atomic E-state index is 13.0. The molecule has 0 spiro atoms. The fourth-order valence-electron chi connectivity index (χ4n) is 3.76. The highest BCUT2D eigenvalue weighted by atomic mass is 16.7. The standard InChI is InChI=1S/C23H21N3O3/c27-23(26-11-3-5-17-4-1-2-6-20(17)26)19-9-8-18(14-25-19)24-13-16-7-10-21-22(12-16)29-15-28-21/h1-2,4,6-10,12,14,24H,3,5,11,13,15H2. The quantitative estimate of drug-likeness (QED) is 0.733. The van der Waals surface area contributed by atoms with Gasteiger partial charge < -0.3 is 19.7 Å². The Labute approximate surface area is 169 Å². The molecule has 3 aromatic rings. The van der Waals surface area contributed by atoms with Crippen LogP contribution in [0.2, 0.25) is 0 Å². The number of amides is 1. The first-order chi connectivity index (χ1) is 14.3. The summed E-state index contributed by atoms with van der Waals surface area (Å²) in [7, 11) is 0. The zero-order valence-electron chi connectivity index (χ0n) is 15.9. The average molecular weight is 387 g/mol. The van der Waals surface area contributed by atoms with E-state index in [4.69, 9.17) is 9.47 Å². The van der Waals surface area contributed by atoms with Crippen LogP contribution >= 0.6 is 0 Å². The molecule has 0 bridgehead atoms. The molecule has 0 aliphatic carbocycles. The summed E-state index contributed by atoms with van der Waals surface area (Å²) in [6, 6.07) is 17.6. The minimum atomic E-state index is -0.0560. The molecule has 2 aliphatic rings. The molecule has 6 heteroatoms.